The molecule has 4 N–H and O–H groups in total. The van der Waals surface area contributed by atoms with Crippen LogP contribution in [0.2, 0.25) is 0 Å². The number of fused-ring (bicyclic) bond motifs is 2. The second kappa shape index (κ2) is 10.2. The van der Waals surface area contributed by atoms with Gasteiger partial charge in [-0.15, -0.1) is 0 Å². The third kappa shape index (κ3) is 4.79. The minimum absolute atomic E-state index is 0.0759. The number of alkyl halides is 1. The van der Waals surface area contributed by atoms with Gasteiger partial charge in [0.15, 0.2) is 18.2 Å². The number of carbonyl (C=O) groups is 3. The van der Waals surface area contributed by atoms with Gasteiger partial charge in [0.25, 0.3) is 5.91 Å². The fourth-order valence-corrected chi connectivity index (χ4v) is 4.69. The summed E-state index contributed by atoms with van der Waals surface area (Å²) in [5.41, 5.74) is -0.359. The molecule has 0 aromatic carbocycles. The molecule has 4 heterocycles. The Labute approximate surface area is 216 Å². The Balaban J connectivity index is 1.28. The summed E-state index contributed by atoms with van der Waals surface area (Å²) < 4.78 is 25.8. The van der Waals surface area contributed by atoms with Crippen molar-refractivity contribution in [2.45, 2.75) is 38.0 Å². The monoisotopic (exact) mass is 524 g/mol. The number of hydrogen-bond donors (Lipinski definition) is 4. The molecule has 1 aliphatic heterocycles. The molecular weight excluding hydrogens is 499 g/mol. The lowest BCUT2D eigenvalue weighted by molar-refractivity contribution is -0.158. The number of carbonyl (C=O) groups excluding carboxylic acids is 2. The smallest absolute Gasteiger partial charge is 0.319 e. The molecule has 0 bridgehead atoms. The van der Waals surface area contributed by atoms with Crippen molar-refractivity contribution in [1.29, 1.82) is 0 Å². The number of aliphatic carboxylic acids is 1. The summed E-state index contributed by atoms with van der Waals surface area (Å²) >= 11 is 0. The van der Waals surface area contributed by atoms with Crippen LogP contribution in [0.5, 0.6) is 11.6 Å². The molecule has 1 aliphatic carbocycles. The highest BCUT2D eigenvalue weighted by molar-refractivity contribution is 6.10. The SMILES string of the molecule is COc1ccc2nccc(NC(=O)[C@@]3(C(=O)O)CC[C@@H](NCc4ccc5c(n4)NC(=O)CO5)[C@@H](F)C3)c2n1. The van der Waals surface area contributed by atoms with Gasteiger partial charge >= 0.3 is 5.97 Å². The Morgan fingerprint density at radius 3 is 2.87 bits per heavy atom. The van der Waals surface area contributed by atoms with E-state index in [-0.39, 0.29) is 37.6 Å². The van der Waals surface area contributed by atoms with Gasteiger partial charge in [-0.05, 0) is 37.1 Å². The quantitative estimate of drug-likeness (QED) is 0.336. The molecule has 2 amide bonds. The Hall–Kier alpha value is -4.39. The van der Waals surface area contributed by atoms with E-state index in [2.05, 4.69) is 30.9 Å². The van der Waals surface area contributed by atoms with Crippen LogP contribution in [0, 0.1) is 5.41 Å². The highest BCUT2D eigenvalue weighted by Crippen LogP contribution is 2.40. The van der Waals surface area contributed by atoms with Crippen LogP contribution in [-0.4, -0.2) is 63.8 Å². The van der Waals surface area contributed by atoms with E-state index in [1.807, 2.05) is 0 Å². The molecule has 1 saturated carbocycles. The number of pyridine rings is 3. The van der Waals surface area contributed by atoms with Crippen molar-refractivity contribution in [3.05, 3.63) is 42.2 Å². The number of nitrogens with zero attached hydrogens (tertiary/aromatic N) is 3. The lowest BCUT2D eigenvalue weighted by Gasteiger charge is -2.38. The number of amides is 2. The van der Waals surface area contributed by atoms with Gasteiger partial charge in [0.05, 0.1) is 24.0 Å². The summed E-state index contributed by atoms with van der Waals surface area (Å²) in [7, 11) is 1.45. The minimum Gasteiger partial charge on any atom is -0.481 e. The van der Waals surface area contributed by atoms with Crippen LogP contribution >= 0.6 is 0 Å². The zero-order valence-corrected chi connectivity index (χ0v) is 20.4. The number of hydrogen-bond acceptors (Lipinski definition) is 9. The van der Waals surface area contributed by atoms with Gasteiger partial charge in [-0.25, -0.2) is 14.4 Å². The average molecular weight is 525 g/mol. The van der Waals surface area contributed by atoms with Gasteiger partial charge in [0.1, 0.15) is 17.1 Å². The lowest BCUT2D eigenvalue weighted by Crippen LogP contribution is -2.53. The van der Waals surface area contributed by atoms with E-state index in [1.54, 1.807) is 24.3 Å². The van der Waals surface area contributed by atoms with Crippen LogP contribution < -0.4 is 25.4 Å². The number of carboxylic acids is 1. The first-order valence-electron chi connectivity index (χ1n) is 11.9. The van der Waals surface area contributed by atoms with Gasteiger partial charge in [-0.3, -0.25) is 19.4 Å². The molecule has 2 aliphatic rings. The number of rotatable bonds is 7. The molecule has 0 saturated heterocycles. The van der Waals surface area contributed by atoms with Crippen molar-refractivity contribution in [3.63, 3.8) is 0 Å². The molecule has 0 spiro atoms. The van der Waals surface area contributed by atoms with Crippen LogP contribution in [0.15, 0.2) is 36.5 Å². The number of ether oxygens (including phenoxy) is 2. The molecule has 12 nitrogen and oxygen atoms in total. The van der Waals surface area contributed by atoms with Crippen LogP contribution in [0.25, 0.3) is 11.0 Å². The average Bonchev–Trinajstić information content (AvgIpc) is 2.91. The van der Waals surface area contributed by atoms with Crippen LogP contribution in [-0.2, 0) is 20.9 Å². The predicted octanol–water partition coefficient (Wildman–Crippen LogP) is 2.05. The van der Waals surface area contributed by atoms with Crippen LogP contribution in [0.4, 0.5) is 15.9 Å². The summed E-state index contributed by atoms with van der Waals surface area (Å²) in [4.78, 5) is 50.0. The first kappa shape index (κ1) is 25.3. The first-order valence-corrected chi connectivity index (χ1v) is 11.9. The maximum Gasteiger partial charge on any atom is 0.319 e. The Morgan fingerprint density at radius 1 is 1.26 bits per heavy atom. The van der Waals surface area contributed by atoms with Crippen molar-refractivity contribution >= 4 is 40.3 Å². The molecule has 3 aromatic rings. The second-order valence-electron chi connectivity index (χ2n) is 9.15. The number of methoxy groups -OCH3 is 1. The Kier molecular flexibility index (Phi) is 6.76. The highest BCUT2D eigenvalue weighted by atomic mass is 19.1. The van der Waals surface area contributed by atoms with E-state index in [0.29, 0.717) is 34.2 Å². The van der Waals surface area contributed by atoms with Gasteiger partial charge in [0, 0.05) is 31.3 Å². The molecule has 0 unspecified atom stereocenters. The molecule has 13 heteroatoms. The molecule has 3 atom stereocenters. The normalized spacial score (nSPS) is 22.6. The molecule has 198 valence electrons. The summed E-state index contributed by atoms with van der Waals surface area (Å²) in [6, 6.07) is 7.45. The summed E-state index contributed by atoms with van der Waals surface area (Å²) in [5, 5.41) is 18.3. The summed E-state index contributed by atoms with van der Waals surface area (Å²) in [5.74, 6) is -1.50. The third-order valence-corrected chi connectivity index (χ3v) is 6.80. The zero-order valence-electron chi connectivity index (χ0n) is 20.4. The van der Waals surface area contributed by atoms with Crippen molar-refractivity contribution in [1.82, 2.24) is 20.3 Å². The number of carboxylic acid groups (broad SMARTS) is 1. The molecule has 0 radical (unpaired) electrons. The molecule has 38 heavy (non-hydrogen) atoms. The molecule has 3 aromatic heterocycles. The second-order valence-corrected chi connectivity index (χ2v) is 9.15. The van der Waals surface area contributed by atoms with Crippen molar-refractivity contribution in [2.75, 3.05) is 24.4 Å². The largest absolute Gasteiger partial charge is 0.481 e. The van der Waals surface area contributed by atoms with Gasteiger partial charge < -0.3 is 30.5 Å². The fourth-order valence-electron chi connectivity index (χ4n) is 4.69. The maximum absolute atomic E-state index is 15.3. The minimum atomic E-state index is -1.96. The Morgan fingerprint density at radius 2 is 2.11 bits per heavy atom. The van der Waals surface area contributed by atoms with E-state index in [0.717, 1.165) is 0 Å². The highest BCUT2D eigenvalue weighted by Gasteiger charge is 2.52. The van der Waals surface area contributed by atoms with E-state index in [4.69, 9.17) is 9.47 Å². The lowest BCUT2D eigenvalue weighted by atomic mass is 9.70. The maximum atomic E-state index is 15.3. The number of anilines is 2. The van der Waals surface area contributed by atoms with E-state index >= 15 is 4.39 Å². The molecule has 1 fully saturated rings. The van der Waals surface area contributed by atoms with Gasteiger partial charge in [-0.1, -0.05) is 0 Å². The third-order valence-electron chi connectivity index (χ3n) is 6.80. The van der Waals surface area contributed by atoms with Crippen molar-refractivity contribution < 1.29 is 33.4 Å². The standard InChI is InChI=1S/C25H25FN6O6/c1-37-20-5-3-16-21(32-20)17(7-9-27-16)30-23(34)25(24(35)36)8-6-15(14(26)10-25)28-11-13-2-4-18-22(29-13)31-19(33)12-38-18/h2-5,7,9,14-15,28H,6,8,10-12H2,1H3,(H,35,36)(H,27,30,34)(H,29,31,33)/t14-,15+,25+/m0/s1. The van der Waals surface area contributed by atoms with Gasteiger partial charge in [0.2, 0.25) is 11.8 Å². The van der Waals surface area contributed by atoms with E-state index in [9.17, 15) is 19.5 Å². The summed E-state index contributed by atoms with van der Waals surface area (Å²) in [6.45, 7) is 0.0931. The topological polar surface area (TPSA) is 165 Å². The van der Waals surface area contributed by atoms with Crippen LogP contribution in [0.3, 0.4) is 0 Å². The van der Waals surface area contributed by atoms with Crippen LogP contribution in [0.1, 0.15) is 25.0 Å². The Bertz CT molecular complexity index is 1420. The van der Waals surface area contributed by atoms with Crippen molar-refractivity contribution in [2.24, 2.45) is 5.41 Å². The first-order chi connectivity index (χ1) is 18.3. The predicted molar refractivity (Wildman–Crippen MR) is 133 cm³/mol. The molecular formula is C25H25FN6O6. The fraction of sp³-hybridized carbons (Fsp3) is 0.360. The van der Waals surface area contributed by atoms with E-state index in [1.165, 1.54) is 19.4 Å². The summed E-state index contributed by atoms with van der Waals surface area (Å²) in [6.07, 6.45) is -0.626. The number of halogens is 1. The van der Waals surface area contributed by atoms with Crippen molar-refractivity contribution in [3.8, 4) is 11.6 Å². The van der Waals surface area contributed by atoms with Gasteiger partial charge in [-0.2, -0.15) is 0 Å². The number of aromatic nitrogens is 3. The zero-order chi connectivity index (χ0) is 26.9. The number of nitrogens with one attached hydrogen (secondary N) is 3. The van der Waals surface area contributed by atoms with E-state index < -0.39 is 35.9 Å². The molecule has 5 rings (SSSR count).